The predicted octanol–water partition coefficient (Wildman–Crippen LogP) is 14.1. The van der Waals surface area contributed by atoms with Gasteiger partial charge in [-0.25, -0.2) is 0 Å². The van der Waals surface area contributed by atoms with Gasteiger partial charge in [0.2, 0.25) is 5.52 Å². The summed E-state index contributed by atoms with van der Waals surface area (Å²) in [5.74, 6) is 0.301. The van der Waals surface area contributed by atoms with Crippen LogP contribution in [0.3, 0.4) is 0 Å². The molecule has 0 bridgehead atoms. The van der Waals surface area contributed by atoms with E-state index in [1.54, 1.807) is 12.1 Å². The maximum absolute atomic E-state index is 14.2. The molecule has 7 aromatic rings. The van der Waals surface area contributed by atoms with E-state index in [4.69, 9.17) is 0 Å². The quantitative estimate of drug-likeness (QED) is 0.100. The number of benzene rings is 6. The molecular formula is C48H26BF24NO. The third-order valence-corrected chi connectivity index (χ3v) is 11.5. The number of aromatic nitrogens is 1. The van der Waals surface area contributed by atoms with Gasteiger partial charge in [-0.3, -0.25) is 0 Å². The third kappa shape index (κ3) is 12.9. The Hall–Kier alpha value is -7.09. The van der Waals surface area contributed by atoms with Crippen molar-refractivity contribution in [3.8, 4) is 5.75 Å². The van der Waals surface area contributed by atoms with E-state index in [2.05, 4.69) is 22.8 Å². The van der Waals surface area contributed by atoms with E-state index < -0.39 is 195 Å². The largest absolute Gasteiger partial charge is 0.508 e. The molecule has 0 unspecified atom stereocenters. The second kappa shape index (κ2) is 19.6. The molecule has 0 radical (unpaired) electrons. The number of fused-ring (bicyclic) bond motifs is 1. The lowest BCUT2D eigenvalue weighted by atomic mass is 9.12. The number of hydrogen-bond acceptors (Lipinski definition) is 1. The molecule has 7 rings (SSSR count). The first-order chi connectivity index (χ1) is 34.1. The van der Waals surface area contributed by atoms with Crippen molar-refractivity contribution in [2.45, 2.75) is 56.0 Å². The van der Waals surface area contributed by atoms with E-state index in [9.17, 15) is 110 Å². The molecule has 0 fully saturated rings. The van der Waals surface area contributed by atoms with Gasteiger partial charge in [-0.15, -0.1) is 0 Å². The van der Waals surface area contributed by atoms with E-state index in [0.717, 1.165) is 17.4 Å². The minimum Gasteiger partial charge on any atom is -0.508 e. The lowest BCUT2D eigenvalue weighted by Crippen LogP contribution is -2.75. The second-order valence-electron chi connectivity index (χ2n) is 16.6. The molecule has 0 atom stereocenters. The summed E-state index contributed by atoms with van der Waals surface area (Å²) in [5, 5.41) is 10.7. The minimum absolute atomic E-state index is 0.301. The monoisotopic (exact) mass is 1100 g/mol. The molecule has 0 spiro atoms. The van der Waals surface area contributed by atoms with Gasteiger partial charge in [0.15, 0.2) is 12.7 Å². The first kappa shape index (κ1) is 57.2. The van der Waals surface area contributed by atoms with Crippen LogP contribution in [0.1, 0.15) is 50.1 Å². The van der Waals surface area contributed by atoms with Crippen molar-refractivity contribution in [3.63, 3.8) is 0 Å². The molecule has 1 N–H and O–H groups in total. The van der Waals surface area contributed by atoms with E-state index in [1.807, 2.05) is 36.5 Å². The van der Waals surface area contributed by atoms with Crippen molar-refractivity contribution in [1.29, 1.82) is 0 Å². The Kier molecular flexibility index (Phi) is 14.9. The maximum atomic E-state index is 14.2. The summed E-state index contributed by atoms with van der Waals surface area (Å²) in [5.41, 5.74) is -27.9. The van der Waals surface area contributed by atoms with Crippen molar-refractivity contribution in [1.82, 2.24) is 0 Å². The Morgan fingerprint density at radius 3 is 0.867 bits per heavy atom. The zero-order valence-electron chi connectivity index (χ0n) is 36.5. The predicted molar refractivity (Wildman–Crippen MR) is 221 cm³/mol. The molecule has 27 heteroatoms. The number of nitrogens with zero attached hydrogens (tertiary/aromatic N) is 1. The Balaban J connectivity index is 0.000000421. The molecule has 0 aliphatic carbocycles. The fraction of sp³-hybridized carbons (Fsp3) is 0.188. The van der Waals surface area contributed by atoms with E-state index in [0.29, 0.717) is 5.75 Å². The van der Waals surface area contributed by atoms with Gasteiger partial charge in [0.05, 0.1) is 50.6 Å². The summed E-state index contributed by atoms with van der Waals surface area (Å²) in [7, 11) is 0. The third-order valence-electron chi connectivity index (χ3n) is 11.5. The highest BCUT2D eigenvalue weighted by atomic mass is 19.4. The van der Waals surface area contributed by atoms with Crippen molar-refractivity contribution in [3.05, 3.63) is 190 Å². The number of rotatable bonds is 6. The minimum atomic E-state index is -6.13. The first-order valence-corrected chi connectivity index (χ1v) is 20.6. The number of halogens is 24. The van der Waals surface area contributed by atoms with Gasteiger partial charge in [-0.1, -0.05) is 78.9 Å². The standard InChI is InChI=1S/C32H12BF24.C16H13NO/c34-25(35,36)13-1-14(26(37,38)39)6-21(5-13)33(22-7-15(27(40,41)42)2-16(8-22)28(43,44)45,23-9-17(29(46,47)48)3-18(10-23)30(49,50)51)24-11-19(31(52,53)54)4-20(12-24)32(55,56)57;18-15-9-8-14-7-4-10-17(16(14)11-15)12-13-5-2-1-3-6-13/h1-12H;1-11H,12H2/q-1;/p+1. The fourth-order valence-corrected chi connectivity index (χ4v) is 8.24. The van der Waals surface area contributed by atoms with Crippen LogP contribution in [0.5, 0.6) is 5.75 Å². The van der Waals surface area contributed by atoms with Crippen LogP contribution in [0.2, 0.25) is 0 Å². The van der Waals surface area contributed by atoms with Gasteiger partial charge in [-0.2, -0.15) is 132 Å². The molecule has 1 aromatic heterocycles. The average Bonchev–Trinajstić information content (AvgIpc) is 3.27. The molecule has 0 aliphatic heterocycles. The summed E-state index contributed by atoms with van der Waals surface area (Å²) in [6, 6.07) is 11.0. The topological polar surface area (TPSA) is 24.1 Å². The van der Waals surface area contributed by atoms with E-state index in [1.165, 1.54) is 5.56 Å². The first-order valence-electron chi connectivity index (χ1n) is 20.6. The fourth-order valence-electron chi connectivity index (χ4n) is 8.24. The van der Waals surface area contributed by atoms with Gasteiger partial charge in [0, 0.05) is 17.0 Å². The summed E-state index contributed by atoms with van der Waals surface area (Å²) >= 11 is 0. The van der Waals surface area contributed by atoms with Crippen molar-refractivity contribution >= 4 is 38.9 Å². The molecule has 2 nitrogen and oxygen atoms in total. The summed E-state index contributed by atoms with van der Waals surface area (Å²) < 4.78 is 343. The number of phenolic OH excluding ortho intramolecular Hbond substituents is 1. The van der Waals surface area contributed by atoms with Crippen LogP contribution in [-0.4, -0.2) is 11.3 Å². The zero-order chi connectivity index (χ0) is 56.3. The second-order valence-corrected chi connectivity index (χ2v) is 16.6. The number of aromatic hydroxyl groups is 1. The molecule has 75 heavy (non-hydrogen) atoms. The molecule has 400 valence electrons. The maximum Gasteiger partial charge on any atom is 0.416 e. The Morgan fingerprint density at radius 2 is 0.600 bits per heavy atom. The van der Waals surface area contributed by atoms with Gasteiger partial charge >= 0.3 is 49.4 Å². The van der Waals surface area contributed by atoms with Gasteiger partial charge in [-0.05, 0) is 42.5 Å². The number of pyridine rings is 1. The highest BCUT2D eigenvalue weighted by Gasteiger charge is 2.47. The number of hydrogen-bond donors (Lipinski definition) is 1. The Bertz CT molecular complexity index is 2760. The molecule has 6 aromatic carbocycles. The molecule has 0 aliphatic rings. The van der Waals surface area contributed by atoms with Gasteiger partial charge < -0.3 is 5.11 Å². The number of alkyl halides is 24. The van der Waals surface area contributed by atoms with Crippen LogP contribution in [0, 0.1) is 0 Å². The SMILES string of the molecule is FC(F)(F)c1cc([B-](c2cc(C(F)(F)F)cc(C(F)(F)F)c2)(c2cc(C(F)(F)F)cc(C(F)(F)F)c2)c2cc(C(F)(F)F)cc(C(F)(F)F)c2)cc(C(F)(F)F)c1.Oc1ccc2ccc[n+](Cc3ccccc3)c2c1. The van der Waals surface area contributed by atoms with Crippen molar-refractivity contribution < 1.29 is 115 Å². The molecule has 0 saturated heterocycles. The van der Waals surface area contributed by atoms with Crippen molar-refractivity contribution in [2.75, 3.05) is 0 Å². The highest BCUT2D eigenvalue weighted by Crippen LogP contribution is 2.41. The average molecular weight is 1100 g/mol. The zero-order valence-corrected chi connectivity index (χ0v) is 36.5. The van der Waals surface area contributed by atoms with E-state index in [-0.39, 0.29) is 0 Å². The molecule has 1 heterocycles. The van der Waals surface area contributed by atoms with Crippen LogP contribution in [0.15, 0.2) is 140 Å². The summed E-state index contributed by atoms with van der Waals surface area (Å²) in [6.45, 7) is 0.807. The smallest absolute Gasteiger partial charge is 0.416 e. The molecular weight excluding hydrogens is 1070 g/mol. The number of phenols is 1. The van der Waals surface area contributed by atoms with Crippen LogP contribution < -0.4 is 26.4 Å². The Labute approximate surface area is 405 Å². The lowest BCUT2D eigenvalue weighted by molar-refractivity contribution is -0.662. The molecule has 0 amide bonds. The molecule has 0 saturated carbocycles. The van der Waals surface area contributed by atoms with E-state index >= 15 is 0 Å². The normalized spacial score (nSPS) is 13.4. The summed E-state index contributed by atoms with van der Waals surface area (Å²) in [6.07, 6.45) is -52.8. The van der Waals surface area contributed by atoms with Crippen molar-refractivity contribution in [2.24, 2.45) is 0 Å². The van der Waals surface area contributed by atoms with Crippen LogP contribution in [0.4, 0.5) is 105 Å². The Morgan fingerprint density at radius 1 is 0.320 bits per heavy atom. The van der Waals surface area contributed by atoms with Crippen LogP contribution >= 0.6 is 0 Å². The van der Waals surface area contributed by atoms with Gasteiger partial charge in [0.1, 0.15) is 11.9 Å². The lowest BCUT2D eigenvalue weighted by Gasteiger charge is -2.46. The summed E-state index contributed by atoms with van der Waals surface area (Å²) in [4.78, 5) is 0. The van der Waals surface area contributed by atoms with Gasteiger partial charge in [0.25, 0.3) is 0 Å². The van der Waals surface area contributed by atoms with Crippen LogP contribution in [-0.2, 0) is 56.0 Å². The highest BCUT2D eigenvalue weighted by molar-refractivity contribution is 7.20. The van der Waals surface area contributed by atoms with Crippen LogP contribution in [0.25, 0.3) is 10.9 Å².